The molecule has 4 nitrogen and oxygen atoms in total. The predicted molar refractivity (Wildman–Crippen MR) is 265 cm³/mol. The first-order chi connectivity index (χ1) is 31.0. The number of aromatic nitrogens is 1. The molecule has 63 heavy (non-hydrogen) atoms. The lowest BCUT2D eigenvalue weighted by Crippen LogP contribution is -2.31. The Balaban J connectivity index is 0.894. The minimum atomic E-state index is 0.571. The van der Waals surface area contributed by atoms with Crippen molar-refractivity contribution in [1.29, 1.82) is 0 Å². The van der Waals surface area contributed by atoms with Crippen molar-refractivity contribution in [3.63, 3.8) is 0 Å². The molecule has 3 aromatic heterocycles. The number of fused-ring (bicyclic) bond motifs is 12. The topological polar surface area (TPSA) is 31.2 Å². The van der Waals surface area contributed by atoms with Crippen LogP contribution in [0.25, 0.3) is 117 Å². The maximum absolute atomic E-state index is 6.48. The van der Waals surface area contributed by atoms with Gasteiger partial charge in [-0.15, -0.1) is 0 Å². The van der Waals surface area contributed by atoms with E-state index in [0.717, 1.165) is 88.5 Å². The van der Waals surface area contributed by atoms with Crippen LogP contribution in [-0.2, 0) is 0 Å². The van der Waals surface area contributed by atoms with Crippen LogP contribution in [0.2, 0.25) is 0 Å². The minimum Gasteiger partial charge on any atom is -0.456 e. The summed E-state index contributed by atoms with van der Waals surface area (Å²) in [5.41, 5.74) is 19.9. The van der Waals surface area contributed by atoms with Crippen molar-refractivity contribution in [2.45, 2.75) is 0 Å². The van der Waals surface area contributed by atoms with Crippen LogP contribution in [0.1, 0.15) is 11.1 Å². The standard InChI is InChI=1S/C59H39N2O2/c1-4-36-17-23-53-46(29-36)44-13-6-8-15-52(44)60(53)42-21-27-58-50(34-42)48-32-40(19-25-56(48)62-58)38-11-10-12-39(31-38)41-20-26-57-49(33-41)51-35-43(22-28-59(51)63-57)61(3)54-16-9-7-14-45(54)47-30-37(5-2)18-24-55(47)61/h4-35H,1-2H2,3H3/q+1. The van der Waals surface area contributed by atoms with E-state index in [1.807, 2.05) is 12.2 Å². The fraction of sp³-hybridized carbons (Fsp3) is 0.0169. The van der Waals surface area contributed by atoms with Crippen molar-refractivity contribution in [3.8, 4) is 39.1 Å². The van der Waals surface area contributed by atoms with Crippen LogP contribution in [0, 0.1) is 0 Å². The fourth-order valence-electron chi connectivity index (χ4n) is 10.4. The third-order valence-electron chi connectivity index (χ3n) is 13.6. The average Bonchev–Trinajstić information content (AvgIpc) is 4.07. The molecule has 0 fully saturated rings. The summed E-state index contributed by atoms with van der Waals surface area (Å²) in [6.45, 7) is 8.05. The van der Waals surface area contributed by atoms with Gasteiger partial charge in [-0.25, -0.2) is 4.48 Å². The lowest BCUT2D eigenvalue weighted by Gasteiger charge is -2.30. The van der Waals surface area contributed by atoms with E-state index in [1.165, 1.54) is 44.5 Å². The van der Waals surface area contributed by atoms with Crippen LogP contribution in [0.15, 0.2) is 204 Å². The van der Waals surface area contributed by atoms with E-state index in [0.29, 0.717) is 4.48 Å². The molecule has 1 unspecified atom stereocenters. The first-order valence-corrected chi connectivity index (χ1v) is 21.4. The van der Waals surface area contributed by atoms with Crippen LogP contribution >= 0.6 is 0 Å². The Morgan fingerprint density at radius 3 is 1.73 bits per heavy atom. The van der Waals surface area contributed by atoms with Crippen molar-refractivity contribution in [3.05, 3.63) is 206 Å². The number of quaternary nitrogens is 1. The number of rotatable bonds is 6. The molecular weight excluding hydrogens is 769 g/mol. The van der Waals surface area contributed by atoms with Gasteiger partial charge >= 0.3 is 0 Å². The molecule has 0 N–H and O–H groups in total. The van der Waals surface area contributed by atoms with Gasteiger partial charge in [0.2, 0.25) is 0 Å². The number of furan rings is 2. The molecule has 1 atom stereocenters. The van der Waals surface area contributed by atoms with Gasteiger partial charge < -0.3 is 13.4 Å². The summed E-state index contributed by atoms with van der Waals surface area (Å²) >= 11 is 0. The molecule has 13 rings (SSSR count). The molecule has 0 bridgehead atoms. The van der Waals surface area contributed by atoms with Gasteiger partial charge in [-0.3, -0.25) is 0 Å². The van der Waals surface area contributed by atoms with E-state index in [2.05, 4.69) is 207 Å². The summed E-state index contributed by atoms with van der Waals surface area (Å²) in [6, 6.07) is 65.8. The molecule has 4 heterocycles. The van der Waals surface area contributed by atoms with Gasteiger partial charge in [-0.05, 0) is 124 Å². The quantitative estimate of drug-likeness (QED) is 0.157. The lowest BCUT2D eigenvalue weighted by molar-refractivity contribution is 0.641. The first kappa shape index (κ1) is 35.6. The second-order valence-corrected chi connectivity index (χ2v) is 16.9. The van der Waals surface area contributed by atoms with Gasteiger partial charge in [-0.1, -0.05) is 92.0 Å². The second-order valence-electron chi connectivity index (χ2n) is 16.9. The highest BCUT2D eigenvalue weighted by Gasteiger charge is 2.42. The maximum atomic E-state index is 6.48. The van der Waals surface area contributed by atoms with Crippen molar-refractivity contribution in [1.82, 2.24) is 9.05 Å². The second kappa shape index (κ2) is 13.2. The van der Waals surface area contributed by atoms with Crippen molar-refractivity contribution in [2.24, 2.45) is 0 Å². The third kappa shape index (κ3) is 5.13. The molecule has 4 heteroatoms. The van der Waals surface area contributed by atoms with Gasteiger partial charge in [0.05, 0.1) is 23.6 Å². The van der Waals surface area contributed by atoms with Crippen LogP contribution < -0.4 is 4.48 Å². The Bertz CT molecular complexity index is 3930. The largest absolute Gasteiger partial charge is 0.456 e. The summed E-state index contributed by atoms with van der Waals surface area (Å²) < 4.78 is 15.8. The molecule has 0 spiro atoms. The lowest BCUT2D eigenvalue weighted by atomic mass is 9.97. The number of nitrogens with zero attached hydrogens (tertiary/aromatic N) is 2. The Hall–Kier alpha value is -8.18. The van der Waals surface area contributed by atoms with Gasteiger partial charge in [0, 0.05) is 67.8 Å². The summed E-state index contributed by atoms with van der Waals surface area (Å²) in [4.78, 5) is 0. The number of para-hydroxylation sites is 2. The van der Waals surface area contributed by atoms with Crippen LogP contribution in [0.3, 0.4) is 0 Å². The molecule has 0 amide bonds. The Kier molecular flexibility index (Phi) is 7.43. The zero-order valence-corrected chi connectivity index (χ0v) is 34.6. The maximum Gasteiger partial charge on any atom is 0.151 e. The summed E-state index contributed by atoms with van der Waals surface area (Å²) in [5.74, 6) is 0. The number of hydrogen-bond donors (Lipinski definition) is 0. The Morgan fingerprint density at radius 1 is 0.413 bits per heavy atom. The Labute approximate surface area is 363 Å². The zero-order valence-electron chi connectivity index (χ0n) is 34.6. The fourth-order valence-corrected chi connectivity index (χ4v) is 10.4. The van der Waals surface area contributed by atoms with Crippen LogP contribution in [0.5, 0.6) is 0 Å². The summed E-state index contributed by atoms with van der Waals surface area (Å²) in [7, 11) is 2.30. The minimum absolute atomic E-state index is 0.571. The van der Waals surface area contributed by atoms with Crippen LogP contribution in [-0.4, -0.2) is 11.6 Å². The van der Waals surface area contributed by atoms with E-state index >= 15 is 0 Å². The molecule has 9 aromatic carbocycles. The van der Waals surface area contributed by atoms with Gasteiger partial charge in [0.15, 0.2) is 11.4 Å². The summed E-state index contributed by atoms with van der Waals surface area (Å²) in [6.07, 6.45) is 3.83. The van der Waals surface area contributed by atoms with Gasteiger partial charge in [-0.2, -0.15) is 0 Å². The van der Waals surface area contributed by atoms with E-state index in [1.54, 1.807) is 0 Å². The predicted octanol–water partition coefficient (Wildman–Crippen LogP) is 16.8. The van der Waals surface area contributed by atoms with Crippen molar-refractivity contribution < 1.29 is 8.83 Å². The highest BCUT2D eigenvalue weighted by Crippen LogP contribution is 2.57. The Morgan fingerprint density at radius 2 is 0.984 bits per heavy atom. The van der Waals surface area contributed by atoms with E-state index in [4.69, 9.17) is 8.83 Å². The molecule has 0 saturated carbocycles. The highest BCUT2D eigenvalue weighted by molar-refractivity contribution is 6.12. The monoisotopic (exact) mass is 807 g/mol. The SMILES string of the molecule is C=Cc1ccc2c(c1)-c1ccccc1[N+]2(C)c1ccc2oc3ccc(-c4cccc(-c5ccc6oc7ccc(-n8c9ccccc9c9cc(C=C)ccc98)cc7c6c5)c4)cc3c2c1. The van der Waals surface area contributed by atoms with Gasteiger partial charge in [0.25, 0.3) is 0 Å². The molecule has 0 saturated heterocycles. The molecule has 1 aliphatic heterocycles. The average molecular weight is 808 g/mol. The van der Waals surface area contributed by atoms with Crippen molar-refractivity contribution >= 4 is 94.9 Å². The molecular formula is C59H39N2O2+. The number of benzene rings is 9. The zero-order chi connectivity index (χ0) is 42.0. The van der Waals surface area contributed by atoms with E-state index in [9.17, 15) is 0 Å². The molecule has 0 radical (unpaired) electrons. The van der Waals surface area contributed by atoms with Crippen LogP contribution in [0.4, 0.5) is 17.1 Å². The van der Waals surface area contributed by atoms with Crippen molar-refractivity contribution in [2.75, 3.05) is 7.05 Å². The molecule has 0 aliphatic carbocycles. The van der Waals surface area contributed by atoms with E-state index in [-0.39, 0.29) is 0 Å². The number of hydrogen-bond acceptors (Lipinski definition) is 2. The molecule has 1 aliphatic rings. The van der Waals surface area contributed by atoms with Gasteiger partial charge in [0.1, 0.15) is 28.0 Å². The molecule has 12 aromatic rings. The smallest absolute Gasteiger partial charge is 0.151 e. The third-order valence-corrected chi connectivity index (χ3v) is 13.6. The molecule has 296 valence electrons. The highest BCUT2D eigenvalue weighted by atomic mass is 16.3. The normalized spacial score (nSPS) is 14.6. The van der Waals surface area contributed by atoms with E-state index < -0.39 is 0 Å². The first-order valence-electron chi connectivity index (χ1n) is 21.4. The summed E-state index contributed by atoms with van der Waals surface area (Å²) in [5, 5.41) is 6.81.